The summed E-state index contributed by atoms with van der Waals surface area (Å²) >= 11 is 0. The molecule has 0 aliphatic rings. The van der Waals surface area contributed by atoms with E-state index in [0.29, 0.717) is 13.2 Å². The number of esters is 1. The van der Waals surface area contributed by atoms with Gasteiger partial charge in [-0.1, -0.05) is 12.1 Å². The normalized spacial score (nSPS) is 9.90. The lowest BCUT2D eigenvalue weighted by Gasteiger charge is -2.08. The molecule has 0 saturated heterocycles. The number of rotatable bonds is 8. The third-order valence-electron chi connectivity index (χ3n) is 2.17. The van der Waals surface area contributed by atoms with Crippen LogP contribution in [0.4, 0.5) is 4.39 Å². The van der Waals surface area contributed by atoms with E-state index in [1.54, 1.807) is 6.07 Å². The third-order valence-corrected chi connectivity index (χ3v) is 2.17. The van der Waals surface area contributed by atoms with E-state index < -0.39 is 30.9 Å². The van der Waals surface area contributed by atoms with Crippen molar-refractivity contribution >= 4 is 11.9 Å². The summed E-state index contributed by atoms with van der Waals surface area (Å²) in [6.07, 6.45) is 0. The van der Waals surface area contributed by atoms with E-state index in [4.69, 9.17) is 9.47 Å². The van der Waals surface area contributed by atoms with Gasteiger partial charge in [0.1, 0.15) is 0 Å². The van der Waals surface area contributed by atoms with Gasteiger partial charge in [0, 0.05) is 13.7 Å². The average molecular weight is 285 g/mol. The molecule has 0 spiro atoms. The van der Waals surface area contributed by atoms with Crippen molar-refractivity contribution in [2.75, 3.05) is 33.5 Å². The number of para-hydroxylation sites is 1. The molecule has 0 aliphatic heterocycles. The number of methoxy groups -OCH3 is 1. The molecule has 1 rings (SSSR count). The lowest BCUT2D eigenvalue weighted by molar-refractivity contribution is -0.150. The number of carbonyl (C=O) groups excluding carboxylic acids is 2. The molecule has 0 bridgehead atoms. The number of hydrogen-bond acceptors (Lipinski definition) is 5. The standard InChI is InChI=1S/C13H16FNO5/c1-18-7-6-15-12(16)8-20-13(17)9-19-11-5-3-2-4-10(11)14/h2-5H,6-9H2,1H3,(H,15,16). The van der Waals surface area contributed by atoms with Gasteiger partial charge >= 0.3 is 5.97 Å². The topological polar surface area (TPSA) is 73.9 Å². The van der Waals surface area contributed by atoms with Crippen molar-refractivity contribution < 1.29 is 28.2 Å². The van der Waals surface area contributed by atoms with Gasteiger partial charge in [-0.2, -0.15) is 0 Å². The Morgan fingerprint density at radius 1 is 1.25 bits per heavy atom. The Labute approximate surface area is 115 Å². The molecular weight excluding hydrogens is 269 g/mol. The highest BCUT2D eigenvalue weighted by molar-refractivity contribution is 5.80. The molecule has 1 amide bonds. The highest BCUT2D eigenvalue weighted by atomic mass is 19.1. The highest BCUT2D eigenvalue weighted by Gasteiger charge is 2.09. The van der Waals surface area contributed by atoms with Crippen molar-refractivity contribution in [2.24, 2.45) is 0 Å². The molecule has 0 aromatic heterocycles. The largest absolute Gasteiger partial charge is 0.479 e. The Morgan fingerprint density at radius 2 is 2.00 bits per heavy atom. The van der Waals surface area contributed by atoms with Gasteiger partial charge in [0.25, 0.3) is 5.91 Å². The monoisotopic (exact) mass is 285 g/mol. The minimum absolute atomic E-state index is 0.0472. The second kappa shape index (κ2) is 8.87. The van der Waals surface area contributed by atoms with Crippen LogP contribution in [0.25, 0.3) is 0 Å². The molecule has 1 aromatic rings. The van der Waals surface area contributed by atoms with Crippen LogP contribution in [0.1, 0.15) is 0 Å². The van der Waals surface area contributed by atoms with E-state index in [1.165, 1.54) is 25.3 Å². The van der Waals surface area contributed by atoms with Crippen LogP contribution in [0.15, 0.2) is 24.3 Å². The second-order valence-electron chi connectivity index (χ2n) is 3.72. The molecule has 20 heavy (non-hydrogen) atoms. The summed E-state index contributed by atoms with van der Waals surface area (Å²) in [5.41, 5.74) is 0. The maximum Gasteiger partial charge on any atom is 0.344 e. The third kappa shape index (κ3) is 6.14. The predicted octanol–water partition coefficient (Wildman–Crippen LogP) is 0.510. The maximum atomic E-state index is 13.2. The number of nitrogens with one attached hydrogen (secondary N) is 1. The Bertz CT molecular complexity index is 452. The fourth-order valence-electron chi connectivity index (χ4n) is 1.23. The summed E-state index contributed by atoms with van der Waals surface area (Å²) in [5, 5.41) is 2.48. The second-order valence-corrected chi connectivity index (χ2v) is 3.72. The molecule has 0 atom stereocenters. The van der Waals surface area contributed by atoms with Crippen LogP contribution in [-0.4, -0.2) is 45.4 Å². The van der Waals surface area contributed by atoms with E-state index in [9.17, 15) is 14.0 Å². The molecule has 6 nitrogen and oxygen atoms in total. The van der Waals surface area contributed by atoms with Crippen molar-refractivity contribution in [2.45, 2.75) is 0 Å². The van der Waals surface area contributed by atoms with E-state index in [-0.39, 0.29) is 5.75 Å². The molecule has 0 radical (unpaired) electrons. The Kier molecular flexibility index (Phi) is 7.05. The highest BCUT2D eigenvalue weighted by Crippen LogP contribution is 2.14. The number of halogens is 1. The summed E-state index contributed by atoms with van der Waals surface area (Å²) in [6.45, 7) is -0.176. The van der Waals surface area contributed by atoms with Crippen molar-refractivity contribution in [3.05, 3.63) is 30.1 Å². The van der Waals surface area contributed by atoms with Crippen LogP contribution >= 0.6 is 0 Å². The van der Waals surface area contributed by atoms with Gasteiger partial charge in [0.15, 0.2) is 24.8 Å². The summed E-state index contributed by atoms with van der Waals surface area (Å²) in [5.74, 6) is -1.82. The fraction of sp³-hybridized carbons (Fsp3) is 0.385. The predicted molar refractivity (Wildman–Crippen MR) is 67.7 cm³/mol. The lowest BCUT2D eigenvalue weighted by Crippen LogP contribution is -2.32. The first-order valence-electron chi connectivity index (χ1n) is 5.92. The van der Waals surface area contributed by atoms with Crippen molar-refractivity contribution in [3.63, 3.8) is 0 Å². The van der Waals surface area contributed by atoms with Crippen LogP contribution in [-0.2, 0) is 19.1 Å². The first-order valence-corrected chi connectivity index (χ1v) is 5.92. The first-order chi connectivity index (χ1) is 9.63. The molecule has 1 N–H and O–H groups in total. The van der Waals surface area contributed by atoms with Gasteiger partial charge in [-0.3, -0.25) is 4.79 Å². The average Bonchev–Trinajstić information content (AvgIpc) is 2.44. The molecular formula is C13H16FNO5. The molecule has 0 saturated carbocycles. The quantitative estimate of drug-likeness (QED) is 0.556. The SMILES string of the molecule is COCCNC(=O)COC(=O)COc1ccccc1F. The Morgan fingerprint density at radius 3 is 2.70 bits per heavy atom. The number of hydrogen-bond donors (Lipinski definition) is 1. The van der Waals surface area contributed by atoms with Crippen molar-refractivity contribution in [1.29, 1.82) is 0 Å². The van der Waals surface area contributed by atoms with Gasteiger partial charge in [-0.05, 0) is 12.1 Å². The zero-order valence-corrected chi connectivity index (χ0v) is 11.1. The number of benzene rings is 1. The lowest BCUT2D eigenvalue weighted by atomic mass is 10.3. The first kappa shape index (κ1) is 15.9. The molecule has 0 aliphatic carbocycles. The van der Waals surface area contributed by atoms with Gasteiger partial charge in [-0.25, -0.2) is 9.18 Å². The molecule has 0 fully saturated rings. The number of carbonyl (C=O) groups is 2. The van der Waals surface area contributed by atoms with Crippen LogP contribution in [0.5, 0.6) is 5.75 Å². The van der Waals surface area contributed by atoms with E-state index in [2.05, 4.69) is 10.1 Å². The van der Waals surface area contributed by atoms with Crippen LogP contribution < -0.4 is 10.1 Å². The van der Waals surface area contributed by atoms with E-state index in [0.717, 1.165) is 0 Å². The van der Waals surface area contributed by atoms with Crippen LogP contribution in [0, 0.1) is 5.82 Å². The van der Waals surface area contributed by atoms with Crippen LogP contribution in [0.3, 0.4) is 0 Å². The summed E-state index contributed by atoms with van der Waals surface area (Å²) in [7, 11) is 1.51. The van der Waals surface area contributed by atoms with Gasteiger partial charge < -0.3 is 19.5 Å². The minimum Gasteiger partial charge on any atom is -0.479 e. The number of ether oxygens (including phenoxy) is 3. The zero-order chi connectivity index (χ0) is 14.8. The van der Waals surface area contributed by atoms with Crippen molar-refractivity contribution in [1.82, 2.24) is 5.32 Å². The zero-order valence-electron chi connectivity index (χ0n) is 11.1. The molecule has 1 aromatic carbocycles. The summed E-state index contributed by atoms with van der Waals surface area (Å²) in [6, 6.07) is 5.68. The van der Waals surface area contributed by atoms with Gasteiger partial charge in [0.05, 0.1) is 6.61 Å². The molecule has 110 valence electrons. The molecule has 7 heteroatoms. The fourth-order valence-corrected chi connectivity index (χ4v) is 1.23. The molecule has 0 unspecified atom stereocenters. The summed E-state index contributed by atoms with van der Waals surface area (Å²) in [4.78, 5) is 22.5. The van der Waals surface area contributed by atoms with Crippen molar-refractivity contribution in [3.8, 4) is 5.75 Å². The Hall–Kier alpha value is -2.15. The van der Waals surface area contributed by atoms with Crippen LogP contribution in [0.2, 0.25) is 0 Å². The van der Waals surface area contributed by atoms with Gasteiger partial charge in [-0.15, -0.1) is 0 Å². The minimum atomic E-state index is -0.754. The van der Waals surface area contributed by atoms with E-state index in [1.807, 2.05) is 0 Å². The number of amides is 1. The summed E-state index contributed by atoms with van der Waals surface area (Å²) < 4.78 is 27.5. The smallest absolute Gasteiger partial charge is 0.344 e. The van der Waals surface area contributed by atoms with E-state index >= 15 is 0 Å². The maximum absolute atomic E-state index is 13.2. The van der Waals surface area contributed by atoms with Gasteiger partial charge in [0.2, 0.25) is 0 Å². The molecule has 0 heterocycles. The Balaban J connectivity index is 2.21.